The first kappa shape index (κ1) is 20.1. The number of fused-ring (bicyclic) bond motifs is 1. The number of hydrogen-bond donors (Lipinski definition) is 1. The summed E-state index contributed by atoms with van der Waals surface area (Å²) >= 11 is 0. The molecular weight excluding hydrogens is 332 g/mol. The molecule has 0 bridgehead atoms. The number of nitrogens with one attached hydrogen (secondary N) is 1. The van der Waals surface area contributed by atoms with Crippen molar-refractivity contribution in [3.05, 3.63) is 29.1 Å². The summed E-state index contributed by atoms with van der Waals surface area (Å²) in [6.45, 7) is 9.14. The Morgan fingerprint density at radius 2 is 1.74 bits per heavy atom. The number of Topliss-reactive ketones (excluding diaryl/α,β-unsaturated/α-hetero) is 1. The van der Waals surface area contributed by atoms with Gasteiger partial charge in [0.05, 0.1) is 11.0 Å². The van der Waals surface area contributed by atoms with Crippen molar-refractivity contribution in [2.24, 2.45) is 5.92 Å². The van der Waals surface area contributed by atoms with E-state index in [4.69, 9.17) is 4.98 Å². The first-order valence-electron chi connectivity index (χ1n) is 11.1. The Labute approximate surface area is 164 Å². The molecule has 2 aromatic rings. The lowest BCUT2D eigenvalue weighted by atomic mass is 9.84. The fraction of sp³-hybridized carbons (Fsp3) is 0.667. The molecular formula is C24H36N2O. The van der Waals surface area contributed by atoms with Crippen LogP contribution >= 0.6 is 0 Å². The number of benzene rings is 1. The van der Waals surface area contributed by atoms with E-state index < -0.39 is 0 Å². The van der Waals surface area contributed by atoms with Crippen LogP contribution in [0, 0.1) is 5.92 Å². The van der Waals surface area contributed by atoms with Crippen LogP contribution in [0.4, 0.5) is 0 Å². The molecule has 1 aliphatic rings. The highest BCUT2D eigenvalue weighted by Gasteiger charge is 2.26. The zero-order chi connectivity index (χ0) is 19.4. The predicted octanol–water partition coefficient (Wildman–Crippen LogP) is 7.13. The molecule has 0 saturated heterocycles. The second-order valence-corrected chi connectivity index (χ2v) is 8.63. The van der Waals surface area contributed by atoms with Gasteiger partial charge in [-0.1, -0.05) is 65.9 Å². The summed E-state index contributed by atoms with van der Waals surface area (Å²) in [4.78, 5) is 21.3. The van der Waals surface area contributed by atoms with E-state index in [0.29, 0.717) is 17.7 Å². The molecule has 0 amide bonds. The molecule has 3 heteroatoms. The fourth-order valence-electron chi connectivity index (χ4n) is 4.90. The second-order valence-electron chi connectivity index (χ2n) is 8.63. The van der Waals surface area contributed by atoms with Crippen LogP contribution in [-0.4, -0.2) is 15.8 Å². The van der Waals surface area contributed by atoms with Crippen LogP contribution in [0.1, 0.15) is 119 Å². The number of H-pyrrole nitrogens is 1. The van der Waals surface area contributed by atoms with Gasteiger partial charge in [-0.25, -0.2) is 4.98 Å². The van der Waals surface area contributed by atoms with E-state index in [1.54, 1.807) is 0 Å². The van der Waals surface area contributed by atoms with Gasteiger partial charge in [0.15, 0.2) is 5.82 Å². The average Bonchev–Trinajstić information content (AvgIpc) is 3.11. The van der Waals surface area contributed by atoms with E-state index in [9.17, 15) is 4.79 Å². The van der Waals surface area contributed by atoms with Crippen LogP contribution in [0.2, 0.25) is 0 Å². The molecule has 148 valence electrons. The molecule has 1 N–H and O–H groups in total. The summed E-state index contributed by atoms with van der Waals surface area (Å²) in [5, 5.41) is 0. The number of aromatic nitrogens is 2. The molecule has 1 aromatic heterocycles. The van der Waals surface area contributed by atoms with Gasteiger partial charge in [-0.3, -0.25) is 4.79 Å². The highest BCUT2D eigenvalue weighted by Crippen LogP contribution is 2.36. The smallest absolute Gasteiger partial charge is 0.201 e. The summed E-state index contributed by atoms with van der Waals surface area (Å²) in [7, 11) is 0. The van der Waals surface area contributed by atoms with Crippen molar-refractivity contribution in [2.75, 3.05) is 0 Å². The highest BCUT2D eigenvalue weighted by molar-refractivity contribution is 5.98. The minimum Gasteiger partial charge on any atom is -0.335 e. The van der Waals surface area contributed by atoms with E-state index in [1.165, 1.54) is 43.2 Å². The first-order valence-corrected chi connectivity index (χ1v) is 11.1. The number of carbonyl (C=O) groups is 1. The topological polar surface area (TPSA) is 45.8 Å². The molecule has 1 aromatic carbocycles. The van der Waals surface area contributed by atoms with Gasteiger partial charge in [0.1, 0.15) is 0 Å². The van der Waals surface area contributed by atoms with Crippen LogP contribution in [0.25, 0.3) is 11.0 Å². The van der Waals surface area contributed by atoms with Crippen molar-refractivity contribution in [3.8, 4) is 0 Å². The van der Waals surface area contributed by atoms with Crippen molar-refractivity contribution < 1.29 is 4.79 Å². The summed E-state index contributed by atoms with van der Waals surface area (Å²) < 4.78 is 0. The minimum atomic E-state index is 0.161. The first-order chi connectivity index (χ1) is 13.1. The Morgan fingerprint density at radius 1 is 1.07 bits per heavy atom. The van der Waals surface area contributed by atoms with Gasteiger partial charge in [0.2, 0.25) is 5.78 Å². The molecule has 2 atom stereocenters. The number of imidazole rings is 1. The van der Waals surface area contributed by atoms with Crippen LogP contribution in [0.15, 0.2) is 12.1 Å². The van der Waals surface area contributed by atoms with Crippen molar-refractivity contribution in [1.82, 2.24) is 9.97 Å². The van der Waals surface area contributed by atoms with Crippen molar-refractivity contribution in [1.29, 1.82) is 0 Å². The minimum absolute atomic E-state index is 0.161. The van der Waals surface area contributed by atoms with Crippen molar-refractivity contribution in [2.45, 2.75) is 97.3 Å². The van der Waals surface area contributed by atoms with Gasteiger partial charge in [-0.2, -0.15) is 0 Å². The molecule has 3 rings (SSSR count). The Balaban J connectivity index is 2.03. The summed E-state index contributed by atoms with van der Waals surface area (Å²) in [6.07, 6.45) is 10.4. The fourth-order valence-corrected chi connectivity index (χ4v) is 4.90. The van der Waals surface area contributed by atoms with Gasteiger partial charge < -0.3 is 4.98 Å². The zero-order valence-electron chi connectivity index (χ0n) is 17.6. The van der Waals surface area contributed by atoms with Gasteiger partial charge in [-0.05, 0) is 54.7 Å². The molecule has 1 fully saturated rings. The third-order valence-corrected chi connectivity index (χ3v) is 6.40. The maximum Gasteiger partial charge on any atom is 0.201 e. The standard InChI is InChI=1S/C24H36N2O/c1-5-10-16(3)19-14-15-20-22(21(19)17(4)11-6-2)26-24(25-20)23(27)18-12-8-7-9-13-18/h14-18H,5-13H2,1-4H3,(H,25,26). The number of carbonyl (C=O) groups excluding carboxylic acids is 1. The van der Waals surface area contributed by atoms with Crippen LogP contribution in [0.5, 0.6) is 0 Å². The molecule has 1 aliphatic carbocycles. The lowest BCUT2D eigenvalue weighted by Gasteiger charge is -2.21. The lowest BCUT2D eigenvalue weighted by Crippen LogP contribution is -2.19. The second kappa shape index (κ2) is 9.03. The van der Waals surface area contributed by atoms with Gasteiger partial charge >= 0.3 is 0 Å². The molecule has 27 heavy (non-hydrogen) atoms. The summed E-state index contributed by atoms with van der Waals surface area (Å²) in [5.41, 5.74) is 4.86. The molecule has 1 saturated carbocycles. The summed E-state index contributed by atoms with van der Waals surface area (Å²) in [6, 6.07) is 4.42. The van der Waals surface area contributed by atoms with E-state index >= 15 is 0 Å². The Kier molecular flexibility index (Phi) is 6.73. The van der Waals surface area contributed by atoms with E-state index in [-0.39, 0.29) is 11.7 Å². The Bertz CT molecular complexity index is 770. The number of rotatable bonds is 8. The molecule has 0 radical (unpaired) electrons. The molecule has 2 unspecified atom stereocenters. The predicted molar refractivity (Wildman–Crippen MR) is 114 cm³/mol. The normalized spacial score (nSPS) is 17.9. The maximum atomic E-state index is 13.0. The van der Waals surface area contributed by atoms with Crippen LogP contribution in [-0.2, 0) is 0 Å². The monoisotopic (exact) mass is 368 g/mol. The third kappa shape index (κ3) is 4.28. The lowest BCUT2D eigenvalue weighted by molar-refractivity contribution is 0.0880. The number of nitrogens with zero attached hydrogens (tertiary/aromatic N) is 1. The van der Waals surface area contributed by atoms with Gasteiger partial charge in [0, 0.05) is 5.92 Å². The van der Waals surface area contributed by atoms with E-state index in [0.717, 1.165) is 36.7 Å². The number of ketones is 1. The Morgan fingerprint density at radius 3 is 2.41 bits per heavy atom. The number of aromatic amines is 1. The average molecular weight is 369 g/mol. The molecule has 0 spiro atoms. The van der Waals surface area contributed by atoms with E-state index in [1.807, 2.05) is 0 Å². The maximum absolute atomic E-state index is 13.0. The zero-order valence-corrected chi connectivity index (χ0v) is 17.6. The largest absolute Gasteiger partial charge is 0.335 e. The SMILES string of the molecule is CCCC(C)c1ccc2[nH]c(C(=O)C3CCCCC3)nc2c1C(C)CCC. The van der Waals surface area contributed by atoms with Crippen LogP contribution in [0.3, 0.4) is 0 Å². The Hall–Kier alpha value is -1.64. The van der Waals surface area contributed by atoms with Gasteiger partial charge in [-0.15, -0.1) is 0 Å². The van der Waals surface area contributed by atoms with Crippen molar-refractivity contribution in [3.63, 3.8) is 0 Å². The van der Waals surface area contributed by atoms with E-state index in [2.05, 4.69) is 44.8 Å². The number of hydrogen-bond acceptors (Lipinski definition) is 2. The quantitative estimate of drug-likeness (QED) is 0.504. The third-order valence-electron chi connectivity index (χ3n) is 6.40. The van der Waals surface area contributed by atoms with Gasteiger partial charge in [0.25, 0.3) is 0 Å². The molecule has 0 aliphatic heterocycles. The summed E-state index contributed by atoms with van der Waals surface area (Å²) in [5.74, 6) is 1.97. The molecule has 1 heterocycles. The highest BCUT2D eigenvalue weighted by atomic mass is 16.1. The van der Waals surface area contributed by atoms with Crippen molar-refractivity contribution >= 4 is 16.8 Å². The molecule has 3 nitrogen and oxygen atoms in total. The van der Waals surface area contributed by atoms with Crippen LogP contribution < -0.4 is 0 Å².